The summed E-state index contributed by atoms with van der Waals surface area (Å²) in [5.41, 5.74) is 2.15. The second kappa shape index (κ2) is 10.8. The van der Waals surface area contributed by atoms with Gasteiger partial charge in [-0.1, -0.05) is 49.1 Å². The number of amides is 1. The van der Waals surface area contributed by atoms with Gasteiger partial charge in [-0.2, -0.15) is 0 Å². The minimum absolute atomic E-state index is 0.107. The summed E-state index contributed by atoms with van der Waals surface area (Å²) in [5, 5.41) is 2.90. The van der Waals surface area contributed by atoms with Crippen LogP contribution in [0.15, 0.2) is 67.3 Å². The third kappa shape index (κ3) is 6.48. The number of ether oxygens (including phenoxy) is 2. The SMILES string of the molecule is C=CCOc1ccc(C=CC(=O)NCCCc2ccccc2)cc1OC. The van der Waals surface area contributed by atoms with Gasteiger partial charge in [0, 0.05) is 12.6 Å². The maximum atomic E-state index is 11.9. The van der Waals surface area contributed by atoms with Crippen molar-refractivity contribution in [2.75, 3.05) is 20.3 Å². The summed E-state index contributed by atoms with van der Waals surface area (Å²) in [5.74, 6) is 1.16. The fourth-order valence-electron chi connectivity index (χ4n) is 2.44. The van der Waals surface area contributed by atoms with E-state index >= 15 is 0 Å². The minimum Gasteiger partial charge on any atom is -0.493 e. The summed E-state index contributed by atoms with van der Waals surface area (Å²) < 4.78 is 10.8. The molecule has 0 unspecified atom stereocenters. The third-order valence-corrected chi connectivity index (χ3v) is 3.76. The van der Waals surface area contributed by atoms with Crippen LogP contribution in [0.3, 0.4) is 0 Å². The van der Waals surface area contributed by atoms with Gasteiger partial charge in [-0.15, -0.1) is 0 Å². The topological polar surface area (TPSA) is 47.6 Å². The lowest BCUT2D eigenvalue weighted by molar-refractivity contribution is -0.116. The third-order valence-electron chi connectivity index (χ3n) is 3.76. The normalized spacial score (nSPS) is 10.5. The van der Waals surface area contributed by atoms with E-state index in [0.29, 0.717) is 24.7 Å². The van der Waals surface area contributed by atoms with E-state index in [4.69, 9.17) is 9.47 Å². The van der Waals surface area contributed by atoms with Crippen LogP contribution in [-0.4, -0.2) is 26.2 Å². The van der Waals surface area contributed by atoms with Crippen molar-refractivity contribution in [3.05, 3.63) is 78.4 Å². The Labute approximate surface area is 155 Å². The van der Waals surface area contributed by atoms with E-state index < -0.39 is 0 Å². The molecule has 0 saturated heterocycles. The minimum atomic E-state index is -0.107. The van der Waals surface area contributed by atoms with E-state index in [0.717, 1.165) is 18.4 Å². The molecule has 2 rings (SSSR count). The van der Waals surface area contributed by atoms with Crippen molar-refractivity contribution in [3.63, 3.8) is 0 Å². The van der Waals surface area contributed by atoms with E-state index in [1.165, 1.54) is 11.6 Å². The van der Waals surface area contributed by atoms with Gasteiger partial charge in [0.2, 0.25) is 5.91 Å². The number of benzene rings is 2. The molecule has 0 bridgehead atoms. The van der Waals surface area contributed by atoms with Crippen LogP contribution in [-0.2, 0) is 11.2 Å². The average Bonchev–Trinajstić information content (AvgIpc) is 2.69. The van der Waals surface area contributed by atoms with Crippen molar-refractivity contribution in [2.24, 2.45) is 0 Å². The number of hydrogen-bond acceptors (Lipinski definition) is 3. The molecule has 0 aliphatic heterocycles. The average molecular weight is 351 g/mol. The van der Waals surface area contributed by atoms with Crippen LogP contribution < -0.4 is 14.8 Å². The predicted octanol–water partition coefficient (Wildman–Crippen LogP) is 4.02. The summed E-state index contributed by atoms with van der Waals surface area (Å²) in [4.78, 5) is 11.9. The summed E-state index contributed by atoms with van der Waals surface area (Å²) in [6.45, 7) is 4.69. The molecule has 1 N–H and O–H groups in total. The lowest BCUT2D eigenvalue weighted by Crippen LogP contribution is -2.22. The molecule has 0 saturated carbocycles. The van der Waals surface area contributed by atoms with Gasteiger partial charge in [0.05, 0.1) is 7.11 Å². The predicted molar refractivity (Wildman–Crippen MR) is 105 cm³/mol. The first kappa shape index (κ1) is 19.3. The molecule has 0 aliphatic rings. The van der Waals surface area contributed by atoms with E-state index in [1.54, 1.807) is 19.3 Å². The quantitative estimate of drug-likeness (QED) is 0.399. The zero-order valence-corrected chi connectivity index (χ0v) is 15.1. The van der Waals surface area contributed by atoms with Crippen molar-refractivity contribution < 1.29 is 14.3 Å². The van der Waals surface area contributed by atoms with E-state index in [2.05, 4.69) is 24.0 Å². The fraction of sp³-hybridized carbons (Fsp3) is 0.227. The summed E-state index contributed by atoms with van der Waals surface area (Å²) in [6, 6.07) is 15.8. The van der Waals surface area contributed by atoms with Crippen molar-refractivity contribution in [3.8, 4) is 11.5 Å². The molecule has 1 amide bonds. The molecule has 0 aromatic heterocycles. The highest BCUT2D eigenvalue weighted by molar-refractivity contribution is 5.91. The van der Waals surface area contributed by atoms with Gasteiger partial charge in [-0.25, -0.2) is 0 Å². The lowest BCUT2D eigenvalue weighted by Gasteiger charge is -2.09. The largest absolute Gasteiger partial charge is 0.493 e. The Morgan fingerprint density at radius 3 is 2.69 bits per heavy atom. The standard InChI is InChI=1S/C22H25NO3/c1-3-16-26-20-13-11-19(17-21(20)25-2)12-14-22(24)23-15-7-10-18-8-5-4-6-9-18/h3-6,8-9,11-14,17H,1,7,10,15-16H2,2H3,(H,23,24). The van der Waals surface area contributed by atoms with Crippen LogP contribution in [0.1, 0.15) is 17.5 Å². The molecule has 2 aromatic rings. The second-order valence-corrected chi connectivity index (χ2v) is 5.72. The van der Waals surface area contributed by atoms with Crippen LogP contribution >= 0.6 is 0 Å². The Hall–Kier alpha value is -3.01. The van der Waals surface area contributed by atoms with E-state index in [9.17, 15) is 4.79 Å². The van der Waals surface area contributed by atoms with Crippen molar-refractivity contribution in [1.29, 1.82) is 0 Å². The van der Waals surface area contributed by atoms with Gasteiger partial charge in [0.15, 0.2) is 11.5 Å². The number of carbonyl (C=O) groups excluding carboxylic acids is 1. The highest BCUT2D eigenvalue weighted by Crippen LogP contribution is 2.28. The van der Waals surface area contributed by atoms with Gasteiger partial charge in [0.25, 0.3) is 0 Å². The number of methoxy groups -OCH3 is 1. The van der Waals surface area contributed by atoms with Crippen LogP contribution in [0.25, 0.3) is 6.08 Å². The number of aryl methyl sites for hydroxylation is 1. The lowest BCUT2D eigenvalue weighted by atomic mass is 10.1. The molecule has 0 fully saturated rings. The van der Waals surface area contributed by atoms with Gasteiger partial charge in [-0.3, -0.25) is 4.79 Å². The zero-order chi connectivity index (χ0) is 18.6. The number of hydrogen-bond donors (Lipinski definition) is 1. The molecule has 0 heterocycles. The summed E-state index contributed by atoms with van der Waals surface area (Å²) in [7, 11) is 1.59. The molecule has 26 heavy (non-hydrogen) atoms. The smallest absolute Gasteiger partial charge is 0.243 e. The Morgan fingerprint density at radius 1 is 1.15 bits per heavy atom. The number of carbonyl (C=O) groups is 1. The summed E-state index contributed by atoms with van der Waals surface area (Å²) >= 11 is 0. The van der Waals surface area contributed by atoms with E-state index in [1.807, 2.05) is 36.4 Å². The molecular weight excluding hydrogens is 326 g/mol. The molecule has 4 nitrogen and oxygen atoms in total. The van der Waals surface area contributed by atoms with Crippen LogP contribution in [0.5, 0.6) is 11.5 Å². The van der Waals surface area contributed by atoms with Gasteiger partial charge >= 0.3 is 0 Å². The maximum Gasteiger partial charge on any atom is 0.243 e. The molecule has 2 aromatic carbocycles. The fourth-order valence-corrected chi connectivity index (χ4v) is 2.44. The van der Waals surface area contributed by atoms with Crippen LogP contribution in [0.4, 0.5) is 0 Å². The summed E-state index contributed by atoms with van der Waals surface area (Å²) in [6.07, 6.45) is 6.82. The Bertz CT molecular complexity index is 738. The van der Waals surface area contributed by atoms with E-state index in [-0.39, 0.29) is 5.91 Å². The van der Waals surface area contributed by atoms with Gasteiger partial charge < -0.3 is 14.8 Å². The first-order valence-corrected chi connectivity index (χ1v) is 8.64. The molecule has 0 aliphatic carbocycles. The van der Waals surface area contributed by atoms with Crippen molar-refractivity contribution in [2.45, 2.75) is 12.8 Å². The van der Waals surface area contributed by atoms with Crippen molar-refractivity contribution >= 4 is 12.0 Å². The Morgan fingerprint density at radius 2 is 1.96 bits per heavy atom. The first-order chi connectivity index (χ1) is 12.7. The molecule has 136 valence electrons. The highest BCUT2D eigenvalue weighted by atomic mass is 16.5. The Kier molecular flexibility index (Phi) is 8.00. The maximum absolute atomic E-state index is 11.9. The monoisotopic (exact) mass is 351 g/mol. The van der Waals surface area contributed by atoms with Crippen LogP contribution in [0, 0.1) is 0 Å². The molecule has 0 spiro atoms. The number of nitrogens with one attached hydrogen (secondary N) is 1. The van der Waals surface area contributed by atoms with Gasteiger partial charge in [0.1, 0.15) is 6.61 Å². The van der Waals surface area contributed by atoms with Crippen LogP contribution in [0.2, 0.25) is 0 Å². The highest BCUT2D eigenvalue weighted by Gasteiger charge is 2.04. The van der Waals surface area contributed by atoms with Gasteiger partial charge in [-0.05, 0) is 42.2 Å². The van der Waals surface area contributed by atoms with Crippen molar-refractivity contribution in [1.82, 2.24) is 5.32 Å². The molecule has 4 heteroatoms. The molecular formula is C22H25NO3. The molecule has 0 radical (unpaired) electrons. The second-order valence-electron chi connectivity index (χ2n) is 5.72. The number of rotatable bonds is 10. The zero-order valence-electron chi connectivity index (χ0n) is 15.1. The Balaban J connectivity index is 1.80. The first-order valence-electron chi connectivity index (χ1n) is 8.64. The molecule has 0 atom stereocenters.